The molecule has 0 aromatic carbocycles. The van der Waals surface area contributed by atoms with Crippen LogP contribution in [0.15, 0.2) is 0 Å². The third-order valence-electron chi connectivity index (χ3n) is 3.46. The lowest BCUT2D eigenvalue weighted by molar-refractivity contribution is -0.132. The van der Waals surface area contributed by atoms with Gasteiger partial charge in [0.05, 0.1) is 6.26 Å². The molecule has 0 aliphatic carbocycles. The first-order valence-corrected chi connectivity index (χ1v) is 9.83. The van der Waals surface area contributed by atoms with Gasteiger partial charge in [0, 0.05) is 19.5 Å². The minimum absolute atomic E-state index is 0.104. The van der Waals surface area contributed by atoms with E-state index < -0.39 is 10.0 Å². The fourth-order valence-electron chi connectivity index (χ4n) is 2.05. The number of rotatable bonds is 1. The summed E-state index contributed by atoms with van der Waals surface area (Å²) in [6.07, 6.45) is 1.60. The van der Waals surface area contributed by atoms with Crippen molar-refractivity contribution in [1.82, 2.24) is 4.90 Å². The largest absolute Gasteiger partial charge is 0.342 e. The number of sulfonamides is 1. The summed E-state index contributed by atoms with van der Waals surface area (Å²) >= 11 is 0. The minimum atomic E-state index is -3.17. The topological polar surface area (TPSA) is 80.5 Å². The molecule has 6 heteroatoms. The Bertz CT molecular complexity index is 429. The van der Waals surface area contributed by atoms with Crippen molar-refractivity contribution in [1.29, 1.82) is 0 Å². The first kappa shape index (κ1) is 23.6. The van der Waals surface area contributed by atoms with E-state index in [4.69, 9.17) is 0 Å². The Morgan fingerprint density at radius 3 is 1.86 bits per heavy atom. The molecule has 1 fully saturated rings. The molecule has 134 valence electrons. The van der Waals surface area contributed by atoms with Crippen molar-refractivity contribution in [3.05, 3.63) is 0 Å². The first-order chi connectivity index (χ1) is 9.62. The standard InChI is InChI=1S/C13H25NO.C2H6.CH5NO2S/c1-10-8-14(9-13(10,5)6)11(15)7-12(2,3)4;1-2;1-5(2,3)4/h10H,7-9H2,1-6H3;1-2H3;1H3,(H2,2,3,4). The van der Waals surface area contributed by atoms with Crippen LogP contribution >= 0.6 is 0 Å². The van der Waals surface area contributed by atoms with E-state index in [1.807, 2.05) is 18.7 Å². The van der Waals surface area contributed by atoms with Crippen LogP contribution in [0.1, 0.15) is 61.8 Å². The van der Waals surface area contributed by atoms with Gasteiger partial charge in [0.15, 0.2) is 0 Å². The number of primary sulfonamides is 1. The molecule has 1 amide bonds. The van der Waals surface area contributed by atoms with Crippen molar-refractivity contribution in [2.45, 2.75) is 61.8 Å². The van der Waals surface area contributed by atoms with Crippen molar-refractivity contribution in [3.63, 3.8) is 0 Å². The zero-order chi connectivity index (χ0) is 18.4. The second-order valence-corrected chi connectivity index (χ2v) is 9.39. The molecule has 0 aromatic heterocycles. The summed E-state index contributed by atoms with van der Waals surface area (Å²) in [7, 11) is -3.17. The van der Waals surface area contributed by atoms with Gasteiger partial charge in [-0.05, 0) is 16.7 Å². The maximum Gasteiger partial charge on any atom is 0.223 e. The Hall–Kier alpha value is -0.620. The van der Waals surface area contributed by atoms with Gasteiger partial charge in [0.25, 0.3) is 0 Å². The van der Waals surface area contributed by atoms with E-state index in [1.165, 1.54) is 0 Å². The van der Waals surface area contributed by atoms with Gasteiger partial charge < -0.3 is 4.90 Å². The van der Waals surface area contributed by atoms with Gasteiger partial charge in [0.2, 0.25) is 15.9 Å². The third kappa shape index (κ3) is 12.0. The summed E-state index contributed by atoms with van der Waals surface area (Å²) in [6.45, 7) is 19.0. The van der Waals surface area contributed by atoms with Gasteiger partial charge in [0.1, 0.15) is 0 Å². The van der Waals surface area contributed by atoms with Crippen LogP contribution in [0.3, 0.4) is 0 Å². The van der Waals surface area contributed by atoms with Crippen molar-refractivity contribution in [2.75, 3.05) is 19.3 Å². The highest BCUT2D eigenvalue weighted by Gasteiger charge is 2.38. The maximum atomic E-state index is 12.0. The predicted molar refractivity (Wildman–Crippen MR) is 94.0 cm³/mol. The SMILES string of the molecule is CC.CC1CN(C(=O)CC(C)(C)C)CC1(C)C.CS(N)(=O)=O. The number of likely N-dealkylation sites (tertiary alicyclic amines) is 1. The van der Waals surface area contributed by atoms with E-state index in [2.05, 4.69) is 46.7 Å². The van der Waals surface area contributed by atoms with Crippen molar-refractivity contribution in [3.8, 4) is 0 Å². The number of hydrogen-bond donors (Lipinski definition) is 1. The van der Waals surface area contributed by atoms with Crippen LogP contribution in [-0.2, 0) is 14.8 Å². The molecular formula is C16H36N2O3S. The average Bonchev–Trinajstić information content (AvgIpc) is 2.52. The summed E-state index contributed by atoms with van der Waals surface area (Å²) < 4.78 is 18.8. The summed E-state index contributed by atoms with van der Waals surface area (Å²) in [5, 5.41) is 4.33. The monoisotopic (exact) mass is 336 g/mol. The Morgan fingerprint density at radius 2 is 1.64 bits per heavy atom. The van der Waals surface area contributed by atoms with Gasteiger partial charge in [-0.3, -0.25) is 4.79 Å². The van der Waals surface area contributed by atoms with Gasteiger partial charge >= 0.3 is 0 Å². The second-order valence-electron chi connectivity index (χ2n) is 7.73. The smallest absolute Gasteiger partial charge is 0.223 e. The van der Waals surface area contributed by atoms with Gasteiger partial charge in [-0.2, -0.15) is 0 Å². The predicted octanol–water partition coefficient (Wildman–Crippen LogP) is 2.86. The molecule has 0 radical (unpaired) electrons. The van der Waals surface area contributed by atoms with E-state index in [1.54, 1.807) is 0 Å². The van der Waals surface area contributed by atoms with Crippen LogP contribution in [0.2, 0.25) is 0 Å². The molecule has 1 aliphatic rings. The van der Waals surface area contributed by atoms with Crippen LogP contribution in [0, 0.1) is 16.7 Å². The summed E-state index contributed by atoms with van der Waals surface area (Å²) in [6, 6.07) is 0. The van der Waals surface area contributed by atoms with E-state index in [9.17, 15) is 13.2 Å². The summed E-state index contributed by atoms with van der Waals surface area (Å²) in [5.41, 5.74) is 0.389. The normalized spacial score (nSPS) is 20.5. The Kier molecular flexibility index (Phi) is 9.53. The number of carbonyl (C=O) groups is 1. The van der Waals surface area contributed by atoms with Gasteiger partial charge in [-0.1, -0.05) is 55.4 Å². The summed E-state index contributed by atoms with van der Waals surface area (Å²) in [4.78, 5) is 14.1. The molecule has 1 unspecified atom stereocenters. The summed E-state index contributed by atoms with van der Waals surface area (Å²) in [5.74, 6) is 0.932. The number of hydrogen-bond acceptors (Lipinski definition) is 3. The van der Waals surface area contributed by atoms with Crippen molar-refractivity contribution in [2.24, 2.45) is 21.9 Å². The highest BCUT2D eigenvalue weighted by atomic mass is 32.2. The quantitative estimate of drug-likeness (QED) is 0.799. The molecule has 0 spiro atoms. The van der Waals surface area contributed by atoms with Crippen molar-refractivity contribution >= 4 is 15.9 Å². The number of nitrogens with zero attached hydrogens (tertiary/aromatic N) is 1. The van der Waals surface area contributed by atoms with Crippen LogP contribution in [0.25, 0.3) is 0 Å². The zero-order valence-electron chi connectivity index (χ0n) is 15.9. The van der Waals surface area contributed by atoms with Gasteiger partial charge in [-0.25, -0.2) is 13.6 Å². The third-order valence-corrected chi connectivity index (χ3v) is 3.46. The van der Waals surface area contributed by atoms with Gasteiger partial charge in [-0.15, -0.1) is 0 Å². The van der Waals surface area contributed by atoms with E-state index >= 15 is 0 Å². The Balaban J connectivity index is 0. The molecular weight excluding hydrogens is 300 g/mol. The molecule has 1 rings (SSSR count). The number of amides is 1. The molecule has 0 saturated carbocycles. The molecule has 0 bridgehead atoms. The zero-order valence-corrected chi connectivity index (χ0v) is 16.7. The lowest BCUT2D eigenvalue weighted by Gasteiger charge is -2.24. The Labute approximate surface area is 137 Å². The lowest BCUT2D eigenvalue weighted by atomic mass is 9.84. The number of carbonyl (C=O) groups excluding carboxylic acids is 1. The fourth-order valence-corrected chi connectivity index (χ4v) is 2.05. The second kappa shape index (κ2) is 8.87. The minimum Gasteiger partial charge on any atom is -0.342 e. The molecule has 1 heterocycles. The number of nitrogens with two attached hydrogens (primary N) is 1. The van der Waals surface area contributed by atoms with Crippen LogP contribution in [-0.4, -0.2) is 38.6 Å². The van der Waals surface area contributed by atoms with Crippen molar-refractivity contribution < 1.29 is 13.2 Å². The fraction of sp³-hybridized carbons (Fsp3) is 0.938. The first-order valence-electron chi connectivity index (χ1n) is 7.87. The van der Waals surface area contributed by atoms with Crippen LogP contribution in [0.5, 0.6) is 0 Å². The Morgan fingerprint density at radius 1 is 1.27 bits per heavy atom. The molecule has 1 atom stereocenters. The molecule has 5 nitrogen and oxygen atoms in total. The highest BCUT2D eigenvalue weighted by Crippen LogP contribution is 2.35. The molecule has 1 saturated heterocycles. The maximum absolute atomic E-state index is 12.0. The van der Waals surface area contributed by atoms with Crippen LogP contribution in [0.4, 0.5) is 0 Å². The lowest BCUT2D eigenvalue weighted by Crippen LogP contribution is -2.32. The van der Waals surface area contributed by atoms with E-state index in [0.29, 0.717) is 18.2 Å². The average molecular weight is 337 g/mol. The van der Waals surface area contributed by atoms with Crippen LogP contribution < -0.4 is 5.14 Å². The molecule has 2 N–H and O–H groups in total. The van der Waals surface area contributed by atoms with E-state index in [-0.39, 0.29) is 10.8 Å². The molecule has 0 aromatic rings. The highest BCUT2D eigenvalue weighted by molar-refractivity contribution is 7.88. The molecule has 1 aliphatic heterocycles. The molecule has 22 heavy (non-hydrogen) atoms. The van der Waals surface area contributed by atoms with E-state index in [0.717, 1.165) is 19.3 Å².